The van der Waals surface area contributed by atoms with Crippen molar-refractivity contribution in [1.29, 1.82) is 0 Å². The van der Waals surface area contributed by atoms with Gasteiger partial charge in [0.1, 0.15) is 11.6 Å². The van der Waals surface area contributed by atoms with Crippen LogP contribution in [0.1, 0.15) is 47.7 Å². The van der Waals surface area contributed by atoms with Gasteiger partial charge in [-0.2, -0.15) is 0 Å². The van der Waals surface area contributed by atoms with Gasteiger partial charge in [-0.25, -0.2) is 27.5 Å². The Morgan fingerprint density at radius 2 is 0.900 bits per heavy atom. The highest BCUT2D eigenvalue weighted by atomic mass is 19.3. The number of carbonyl (C=O) groups is 2. The van der Waals surface area contributed by atoms with Crippen LogP contribution in [0, 0.1) is 0 Å². The fourth-order valence-electron chi connectivity index (χ4n) is 9.24. The Bertz CT molecular complexity index is 2300. The number of likely N-dealkylation sites (tertiary alicyclic amines) is 2. The topological polar surface area (TPSA) is 104 Å². The van der Waals surface area contributed by atoms with Crippen molar-refractivity contribution in [3.63, 3.8) is 0 Å². The van der Waals surface area contributed by atoms with Crippen LogP contribution in [0.25, 0.3) is 33.6 Å². The van der Waals surface area contributed by atoms with Crippen LogP contribution in [0.15, 0.2) is 122 Å². The number of aromatic amines is 2. The first-order chi connectivity index (χ1) is 28.7. The van der Waals surface area contributed by atoms with Crippen LogP contribution in [0.3, 0.4) is 0 Å². The fourth-order valence-corrected chi connectivity index (χ4v) is 9.24. The first kappa shape index (κ1) is 41.0. The first-order valence-electron chi connectivity index (χ1n) is 19.7. The summed E-state index contributed by atoms with van der Waals surface area (Å²) in [5.74, 6) is -5.59. The molecular weight excluding hydrogens is 773 g/mol. The number of aldehydes is 2. The van der Waals surface area contributed by atoms with Crippen molar-refractivity contribution in [2.45, 2.75) is 48.1 Å². The van der Waals surface area contributed by atoms with E-state index in [-0.39, 0.29) is 0 Å². The van der Waals surface area contributed by atoms with E-state index in [4.69, 9.17) is 0 Å². The van der Waals surface area contributed by atoms with Crippen molar-refractivity contribution < 1.29 is 27.2 Å². The molecule has 2 saturated heterocycles. The van der Waals surface area contributed by atoms with Gasteiger partial charge in [-0.3, -0.25) is 29.2 Å². The normalized spacial score (nSPS) is 21.2. The van der Waals surface area contributed by atoms with E-state index in [1.54, 1.807) is 98.9 Å². The van der Waals surface area contributed by atoms with Crippen molar-refractivity contribution in [3.8, 4) is 33.6 Å². The van der Waals surface area contributed by atoms with Gasteiger partial charge in [0, 0.05) is 24.0 Å². The molecule has 0 saturated carbocycles. The Hall–Kier alpha value is -5.80. The number of halogens is 4. The van der Waals surface area contributed by atoms with E-state index in [1.807, 2.05) is 60.7 Å². The van der Waals surface area contributed by atoms with Crippen LogP contribution >= 0.6 is 0 Å². The van der Waals surface area contributed by atoms with Crippen molar-refractivity contribution in [1.82, 2.24) is 39.5 Å². The molecule has 10 nitrogen and oxygen atoms in total. The molecule has 2 N–H and O–H groups in total. The quantitative estimate of drug-likeness (QED) is 0.0891. The summed E-state index contributed by atoms with van der Waals surface area (Å²) in [5, 5.41) is 0. The van der Waals surface area contributed by atoms with E-state index in [0.717, 1.165) is 22.3 Å². The first-order valence-corrected chi connectivity index (χ1v) is 19.7. The summed E-state index contributed by atoms with van der Waals surface area (Å²) in [6.07, 6.45) is 3.59. The number of H-pyrrole nitrogens is 2. The Labute approximate surface area is 345 Å². The number of rotatable bonds is 13. The van der Waals surface area contributed by atoms with E-state index in [9.17, 15) is 9.59 Å². The maximum absolute atomic E-state index is 15.5. The zero-order valence-electron chi connectivity index (χ0n) is 33.7. The van der Waals surface area contributed by atoms with Crippen molar-refractivity contribution >= 4 is 12.6 Å². The summed E-state index contributed by atoms with van der Waals surface area (Å²) in [4.78, 5) is 48.5. The molecule has 2 fully saturated rings. The summed E-state index contributed by atoms with van der Waals surface area (Å²) in [6.45, 7) is -1.30. The standard InChI is InChI=1S/C46H46F4N8O2/c1-55(2)45(29-59,31-15-7-5-8-16-31)57-27-43(47,48)23-39(57)41-51-25-37(53-41)35-21-13-11-19-33(35)34-20-12-14-22-36(34)38-26-52-42(54-38)40-24-44(49,50)28-58(40)46(30-60,56(3)4)32-17-9-6-10-18-32/h5-22,25-26,29-30,39-40H,23-24,27-28H2,1-4H3,(H,51,53)(H,52,54)/t39-,40-,45?,46?/m0/s1. The Morgan fingerprint density at radius 3 is 1.23 bits per heavy atom. The summed E-state index contributed by atoms with van der Waals surface area (Å²) < 4.78 is 61.9. The summed E-state index contributed by atoms with van der Waals surface area (Å²) in [6, 6.07) is 31.1. The van der Waals surface area contributed by atoms with Crippen LogP contribution in [0.2, 0.25) is 0 Å². The second kappa shape index (κ2) is 15.7. The van der Waals surface area contributed by atoms with Gasteiger partial charge in [0.15, 0.2) is 23.9 Å². The van der Waals surface area contributed by atoms with Gasteiger partial charge in [0.2, 0.25) is 0 Å². The molecule has 0 aliphatic carbocycles. The van der Waals surface area contributed by atoms with E-state index in [0.29, 0.717) is 46.7 Å². The molecule has 310 valence electrons. The lowest BCUT2D eigenvalue weighted by molar-refractivity contribution is -0.135. The zero-order valence-corrected chi connectivity index (χ0v) is 33.7. The maximum Gasteiger partial charge on any atom is 0.262 e. The predicted octanol–water partition coefficient (Wildman–Crippen LogP) is 8.13. The molecule has 60 heavy (non-hydrogen) atoms. The smallest absolute Gasteiger partial charge is 0.262 e. The van der Waals surface area contributed by atoms with E-state index >= 15 is 17.6 Å². The predicted molar refractivity (Wildman–Crippen MR) is 221 cm³/mol. The molecule has 2 aliphatic heterocycles. The molecule has 2 aromatic heterocycles. The molecule has 2 aliphatic rings. The number of benzene rings is 4. The molecule has 0 amide bonds. The van der Waals surface area contributed by atoms with Crippen LogP contribution in [-0.2, 0) is 20.9 Å². The third-order valence-electron chi connectivity index (χ3n) is 12.1. The van der Waals surface area contributed by atoms with Crippen molar-refractivity contribution in [3.05, 3.63) is 144 Å². The molecule has 8 rings (SSSR count). The fraction of sp³-hybridized carbons (Fsp3) is 0.304. The van der Waals surface area contributed by atoms with Gasteiger partial charge >= 0.3 is 0 Å². The molecule has 14 heteroatoms. The third-order valence-corrected chi connectivity index (χ3v) is 12.1. The molecule has 4 atom stereocenters. The average molecular weight is 819 g/mol. The van der Waals surface area contributed by atoms with Crippen LogP contribution in [0.4, 0.5) is 17.6 Å². The number of hydrogen-bond acceptors (Lipinski definition) is 8. The molecule has 4 aromatic carbocycles. The van der Waals surface area contributed by atoms with Crippen LogP contribution < -0.4 is 0 Å². The Kier molecular flexibility index (Phi) is 10.7. The summed E-state index contributed by atoms with van der Waals surface area (Å²) in [7, 11) is 6.80. The molecule has 0 bridgehead atoms. The van der Waals surface area contributed by atoms with Gasteiger partial charge in [-0.1, -0.05) is 109 Å². The number of carbonyl (C=O) groups excluding carboxylic acids is 2. The molecule has 0 spiro atoms. The zero-order chi connectivity index (χ0) is 42.5. The van der Waals surface area contributed by atoms with Gasteiger partial charge in [0.25, 0.3) is 11.8 Å². The van der Waals surface area contributed by atoms with Crippen LogP contribution in [0.5, 0.6) is 0 Å². The highest BCUT2D eigenvalue weighted by molar-refractivity contribution is 5.90. The maximum atomic E-state index is 15.5. The highest BCUT2D eigenvalue weighted by Crippen LogP contribution is 2.50. The molecular formula is C46H46F4N8O2. The highest BCUT2D eigenvalue weighted by Gasteiger charge is 2.57. The Morgan fingerprint density at radius 1 is 0.567 bits per heavy atom. The number of alkyl halides is 4. The molecule has 0 radical (unpaired) electrons. The van der Waals surface area contributed by atoms with E-state index in [1.165, 1.54) is 9.80 Å². The molecule has 4 heterocycles. The number of nitrogens with one attached hydrogen (secondary N) is 2. The van der Waals surface area contributed by atoms with E-state index < -0.39 is 61.2 Å². The number of imidazole rings is 2. The number of aromatic nitrogens is 4. The third kappa shape index (κ3) is 6.96. The van der Waals surface area contributed by atoms with Gasteiger partial charge < -0.3 is 9.97 Å². The minimum absolute atomic E-state index is 0.296. The van der Waals surface area contributed by atoms with Gasteiger partial charge in [-0.05, 0) is 50.4 Å². The van der Waals surface area contributed by atoms with Crippen molar-refractivity contribution in [2.24, 2.45) is 0 Å². The minimum Gasteiger partial charge on any atom is -0.341 e. The second-order valence-electron chi connectivity index (χ2n) is 16.1. The molecule has 6 aromatic rings. The van der Waals surface area contributed by atoms with Crippen molar-refractivity contribution in [2.75, 3.05) is 41.3 Å². The lowest BCUT2D eigenvalue weighted by Gasteiger charge is -2.45. The molecule has 2 unspecified atom stereocenters. The second-order valence-corrected chi connectivity index (χ2v) is 16.1. The number of likely N-dealkylation sites (N-methyl/N-ethyl adjacent to an activating group) is 2. The SMILES string of the molecule is CN(C)C(C=O)(c1ccccc1)N1CC(F)(F)C[C@H]1c1ncc(-c2ccccc2-c2ccccc2-c2cnc([C@@H]3CC(F)(F)CN3C(C=O)(c3ccccc3)N(C)C)[nH]2)[nH]1. The minimum atomic E-state index is -3.09. The van der Waals surface area contributed by atoms with Gasteiger partial charge in [-0.15, -0.1) is 0 Å². The lowest BCUT2D eigenvalue weighted by Crippen LogP contribution is -2.57. The lowest BCUT2D eigenvalue weighted by atomic mass is 9.93. The average Bonchev–Trinajstić information content (AvgIpc) is 4.05. The summed E-state index contributed by atoms with van der Waals surface area (Å²) in [5.41, 5.74) is 2.36. The van der Waals surface area contributed by atoms with E-state index in [2.05, 4.69) is 19.9 Å². The number of nitrogens with zero attached hydrogens (tertiary/aromatic N) is 6. The number of hydrogen-bond donors (Lipinski definition) is 2. The largest absolute Gasteiger partial charge is 0.341 e. The van der Waals surface area contributed by atoms with Gasteiger partial charge in [0.05, 0.1) is 49.0 Å². The Balaban J connectivity index is 1.15. The summed E-state index contributed by atoms with van der Waals surface area (Å²) >= 11 is 0. The van der Waals surface area contributed by atoms with Crippen LogP contribution in [-0.4, -0.2) is 105 Å². The monoisotopic (exact) mass is 818 g/mol.